The molecular weight excluding hydrogens is 328 g/mol. The van der Waals surface area contributed by atoms with Crippen LogP contribution in [-0.4, -0.2) is 23.3 Å². The molecule has 1 aromatic carbocycles. The van der Waals surface area contributed by atoms with Crippen LogP contribution in [0.3, 0.4) is 0 Å². The lowest BCUT2D eigenvalue weighted by molar-refractivity contribution is -0.380. The van der Waals surface area contributed by atoms with Gasteiger partial charge in [-0.15, -0.1) is 0 Å². The van der Waals surface area contributed by atoms with Crippen LogP contribution in [0.2, 0.25) is 0 Å². The molecule has 1 aromatic heterocycles. The fourth-order valence-electron chi connectivity index (χ4n) is 2.90. The third-order valence-electron chi connectivity index (χ3n) is 3.90. The molecule has 3 heterocycles. The molecule has 2 aliphatic rings. The lowest BCUT2D eigenvalue weighted by Crippen LogP contribution is -2.34. The summed E-state index contributed by atoms with van der Waals surface area (Å²) in [6, 6.07) is 10.8. The van der Waals surface area contributed by atoms with Gasteiger partial charge in [0.1, 0.15) is 5.70 Å². The summed E-state index contributed by atoms with van der Waals surface area (Å²) >= 11 is 1.03. The molecular formula is C16H12N4O3S. The van der Waals surface area contributed by atoms with E-state index in [1.807, 2.05) is 41.0 Å². The van der Waals surface area contributed by atoms with Crippen molar-refractivity contribution in [3.05, 3.63) is 57.1 Å². The summed E-state index contributed by atoms with van der Waals surface area (Å²) in [5.41, 5.74) is 2.29. The number of rotatable bonds is 3. The van der Waals surface area contributed by atoms with E-state index in [9.17, 15) is 14.9 Å². The largest absolute Gasteiger partial charge is 0.324 e. The van der Waals surface area contributed by atoms with Crippen LogP contribution in [0, 0.1) is 10.1 Å². The Morgan fingerprint density at radius 3 is 2.67 bits per heavy atom. The number of nitro groups is 1. The molecule has 0 spiro atoms. The first kappa shape index (κ1) is 14.6. The van der Waals surface area contributed by atoms with Crippen LogP contribution in [-0.2, 0) is 4.79 Å². The van der Waals surface area contributed by atoms with Crippen molar-refractivity contribution in [1.82, 2.24) is 0 Å². The third kappa shape index (κ3) is 2.04. The van der Waals surface area contributed by atoms with Crippen molar-refractivity contribution in [3.8, 4) is 0 Å². The number of nitrogens with zero attached hydrogens (tertiary/aromatic N) is 4. The van der Waals surface area contributed by atoms with E-state index in [0.29, 0.717) is 23.1 Å². The van der Waals surface area contributed by atoms with Gasteiger partial charge in [0.25, 0.3) is 5.91 Å². The number of benzene rings is 1. The molecule has 24 heavy (non-hydrogen) atoms. The van der Waals surface area contributed by atoms with Gasteiger partial charge in [0.15, 0.2) is 0 Å². The van der Waals surface area contributed by atoms with Crippen LogP contribution >= 0.6 is 11.3 Å². The normalized spacial score (nSPS) is 17.3. The van der Waals surface area contributed by atoms with Crippen LogP contribution in [0.25, 0.3) is 6.08 Å². The van der Waals surface area contributed by atoms with E-state index in [2.05, 4.69) is 4.99 Å². The van der Waals surface area contributed by atoms with Gasteiger partial charge in [-0.25, -0.2) is 0 Å². The SMILES string of the molecule is CCN1C2=NC(=O)/C(=C\c3ccc([N+](=O)[O-])s3)N2c2ccccc21. The molecule has 0 radical (unpaired) electrons. The summed E-state index contributed by atoms with van der Waals surface area (Å²) in [5, 5.41) is 10.9. The second kappa shape index (κ2) is 5.27. The molecule has 1 amide bonds. The number of anilines is 2. The summed E-state index contributed by atoms with van der Waals surface area (Å²) in [6.45, 7) is 2.69. The quantitative estimate of drug-likeness (QED) is 0.487. The second-order valence-electron chi connectivity index (χ2n) is 5.25. The molecule has 0 unspecified atom stereocenters. The standard InChI is InChI=1S/C16H12N4O3S/c1-2-18-11-5-3-4-6-12(11)19-13(15(21)17-16(18)19)9-10-7-8-14(24-10)20(22)23/h3-9H,2H2,1H3/b13-9+. The average Bonchev–Trinajstić information content (AvgIpc) is 3.22. The van der Waals surface area contributed by atoms with Crippen molar-refractivity contribution in [2.45, 2.75) is 6.92 Å². The number of thiophene rings is 1. The Morgan fingerprint density at radius 1 is 1.25 bits per heavy atom. The lowest BCUT2D eigenvalue weighted by Gasteiger charge is -2.16. The Balaban J connectivity index is 1.80. The number of hydrogen-bond acceptors (Lipinski definition) is 6. The predicted octanol–water partition coefficient (Wildman–Crippen LogP) is 3.24. The molecule has 0 saturated heterocycles. The highest BCUT2D eigenvalue weighted by Gasteiger charge is 2.41. The minimum absolute atomic E-state index is 0.0467. The van der Waals surface area contributed by atoms with Crippen molar-refractivity contribution in [2.75, 3.05) is 16.3 Å². The highest BCUT2D eigenvalue weighted by atomic mass is 32.1. The summed E-state index contributed by atoms with van der Waals surface area (Å²) in [5.74, 6) is 0.245. The van der Waals surface area contributed by atoms with Crippen molar-refractivity contribution in [2.24, 2.45) is 4.99 Å². The fraction of sp³-hybridized carbons (Fsp3) is 0.125. The van der Waals surface area contributed by atoms with Gasteiger partial charge >= 0.3 is 5.00 Å². The van der Waals surface area contributed by atoms with E-state index in [-0.39, 0.29) is 10.9 Å². The van der Waals surface area contributed by atoms with E-state index >= 15 is 0 Å². The highest BCUT2D eigenvalue weighted by Crippen LogP contribution is 2.42. The molecule has 7 nitrogen and oxygen atoms in total. The predicted molar refractivity (Wildman–Crippen MR) is 93.3 cm³/mol. The summed E-state index contributed by atoms with van der Waals surface area (Å²) < 4.78 is 0. The van der Waals surface area contributed by atoms with Crippen molar-refractivity contribution >= 4 is 45.7 Å². The first-order chi connectivity index (χ1) is 11.6. The smallest absolute Gasteiger partial charge is 0.310 e. The first-order valence-electron chi connectivity index (χ1n) is 7.36. The molecule has 0 N–H and O–H groups in total. The summed E-state index contributed by atoms with van der Waals surface area (Å²) in [4.78, 5) is 31.4. The zero-order chi connectivity index (χ0) is 16.8. The molecule has 2 aromatic rings. The Labute approximate surface area is 141 Å². The molecule has 120 valence electrons. The number of aliphatic imine (C=N–C) groups is 1. The van der Waals surface area contributed by atoms with Gasteiger partial charge in [-0.05, 0) is 31.2 Å². The third-order valence-corrected chi connectivity index (χ3v) is 4.89. The van der Waals surface area contributed by atoms with Gasteiger partial charge in [-0.2, -0.15) is 4.99 Å². The van der Waals surface area contributed by atoms with Gasteiger partial charge in [0.05, 0.1) is 16.3 Å². The molecule has 0 bridgehead atoms. The van der Waals surface area contributed by atoms with Crippen LogP contribution in [0.4, 0.5) is 16.4 Å². The van der Waals surface area contributed by atoms with E-state index < -0.39 is 4.92 Å². The van der Waals surface area contributed by atoms with Gasteiger partial charge in [0.2, 0.25) is 5.96 Å². The number of carbonyl (C=O) groups is 1. The zero-order valence-corrected chi connectivity index (χ0v) is 13.5. The number of para-hydroxylation sites is 2. The molecule has 0 aliphatic carbocycles. The molecule has 8 heteroatoms. The van der Waals surface area contributed by atoms with Crippen LogP contribution < -0.4 is 9.80 Å². The van der Waals surface area contributed by atoms with E-state index in [4.69, 9.17) is 0 Å². The van der Waals surface area contributed by atoms with Gasteiger partial charge < -0.3 is 4.90 Å². The lowest BCUT2D eigenvalue weighted by atomic mass is 10.2. The van der Waals surface area contributed by atoms with E-state index in [0.717, 1.165) is 22.7 Å². The van der Waals surface area contributed by atoms with Crippen LogP contribution in [0.1, 0.15) is 11.8 Å². The molecule has 0 fully saturated rings. The maximum absolute atomic E-state index is 12.4. The van der Waals surface area contributed by atoms with Crippen molar-refractivity contribution < 1.29 is 9.72 Å². The van der Waals surface area contributed by atoms with Crippen LogP contribution in [0.15, 0.2) is 47.1 Å². The Bertz CT molecular complexity index is 931. The van der Waals surface area contributed by atoms with Crippen molar-refractivity contribution in [3.63, 3.8) is 0 Å². The Morgan fingerprint density at radius 2 is 2.00 bits per heavy atom. The fourth-order valence-corrected chi connectivity index (χ4v) is 3.66. The zero-order valence-electron chi connectivity index (χ0n) is 12.7. The number of fused-ring (bicyclic) bond motifs is 3. The second-order valence-corrected chi connectivity index (χ2v) is 6.34. The van der Waals surface area contributed by atoms with Gasteiger partial charge in [-0.3, -0.25) is 19.8 Å². The van der Waals surface area contributed by atoms with Gasteiger partial charge in [0, 0.05) is 17.5 Å². The van der Waals surface area contributed by atoms with Gasteiger partial charge in [-0.1, -0.05) is 23.5 Å². The Hall–Kier alpha value is -3.00. The number of carbonyl (C=O) groups excluding carboxylic acids is 1. The van der Waals surface area contributed by atoms with Crippen molar-refractivity contribution in [1.29, 1.82) is 0 Å². The maximum atomic E-state index is 12.4. The summed E-state index contributed by atoms with van der Waals surface area (Å²) in [7, 11) is 0. The average molecular weight is 340 g/mol. The minimum Gasteiger partial charge on any atom is -0.310 e. The maximum Gasteiger partial charge on any atom is 0.324 e. The van der Waals surface area contributed by atoms with Crippen LogP contribution in [0.5, 0.6) is 0 Å². The molecule has 0 atom stereocenters. The molecule has 0 saturated carbocycles. The number of guanidine groups is 1. The number of amides is 1. The monoisotopic (exact) mass is 340 g/mol. The minimum atomic E-state index is -0.435. The van der Waals surface area contributed by atoms with E-state index in [1.54, 1.807) is 12.1 Å². The molecule has 4 rings (SSSR count). The molecule has 2 aliphatic heterocycles. The Kier molecular flexibility index (Phi) is 3.20. The summed E-state index contributed by atoms with van der Waals surface area (Å²) in [6.07, 6.45) is 1.66. The highest BCUT2D eigenvalue weighted by molar-refractivity contribution is 7.16. The van der Waals surface area contributed by atoms with E-state index in [1.165, 1.54) is 6.07 Å². The topological polar surface area (TPSA) is 79.0 Å². The first-order valence-corrected chi connectivity index (χ1v) is 8.17. The number of hydrogen-bond donors (Lipinski definition) is 0.